The lowest BCUT2D eigenvalue weighted by atomic mass is 9.88. The summed E-state index contributed by atoms with van der Waals surface area (Å²) in [7, 11) is 1.48. The summed E-state index contributed by atoms with van der Waals surface area (Å²) in [5.74, 6) is -4.54. The summed E-state index contributed by atoms with van der Waals surface area (Å²) in [6.45, 7) is 5.31. The van der Waals surface area contributed by atoms with Crippen molar-refractivity contribution in [1.82, 2.24) is 15.2 Å². The monoisotopic (exact) mass is 540 g/mol. The molecule has 1 aromatic rings. The van der Waals surface area contributed by atoms with Crippen LogP contribution < -0.4 is 11.1 Å². The zero-order valence-corrected chi connectivity index (χ0v) is 22.0. The number of aryl methyl sites for hydroxylation is 1. The number of pyridine rings is 1. The SMILES string of the molecule is C\C=C(/N=C\C(=C/C)C(F)(F)F)NCC1[C@H](C)CC(F)(F)CN1C(=O)C(N)=C(C=NC)c1cc(C)ccn1. The second-order valence-corrected chi connectivity index (χ2v) is 9.03. The molecule has 1 aliphatic heterocycles. The number of carbonyl (C=O) groups is 1. The molecule has 208 valence electrons. The average Bonchev–Trinajstić information content (AvgIpc) is 2.83. The highest BCUT2D eigenvalue weighted by Gasteiger charge is 2.46. The zero-order chi connectivity index (χ0) is 28.7. The molecular weight excluding hydrogens is 507 g/mol. The van der Waals surface area contributed by atoms with E-state index >= 15 is 0 Å². The van der Waals surface area contributed by atoms with Crippen molar-refractivity contribution < 1.29 is 26.7 Å². The minimum absolute atomic E-state index is 0.0373. The van der Waals surface area contributed by atoms with Crippen molar-refractivity contribution >= 4 is 23.9 Å². The molecule has 1 saturated heterocycles. The van der Waals surface area contributed by atoms with Crippen LogP contribution in [0.2, 0.25) is 0 Å². The number of rotatable bonds is 8. The highest BCUT2D eigenvalue weighted by Crippen LogP contribution is 2.35. The number of aromatic nitrogens is 1. The van der Waals surface area contributed by atoms with E-state index < -0.39 is 48.5 Å². The summed E-state index contributed by atoms with van der Waals surface area (Å²) < 4.78 is 68.2. The number of alkyl halides is 5. The molecule has 0 aliphatic carbocycles. The van der Waals surface area contributed by atoms with E-state index in [1.165, 1.54) is 32.5 Å². The van der Waals surface area contributed by atoms with Crippen molar-refractivity contribution in [2.24, 2.45) is 21.6 Å². The van der Waals surface area contributed by atoms with Crippen molar-refractivity contribution in [2.45, 2.75) is 52.3 Å². The highest BCUT2D eigenvalue weighted by atomic mass is 19.4. The predicted molar refractivity (Wildman–Crippen MR) is 139 cm³/mol. The van der Waals surface area contributed by atoms with E-state index in [1.807, 2.05) is 6.92 Å². The van der Waals surface area contributed by atoms with Crippen molar-refractivity contribution in [2.75, 3.05) is 20.1 Å². The number of halogens is 5. The maximum atomic E-state index is 14.6. The van der Waals surface area contributed by atoms with Crippen molar-refractivity contribution in [3.8, 4) is 0 Å². The molecule has 2 heterocycles. The summed E-state index contributed by atoms with van der Waals surface area (Å²) in [5.41, 5.74) is 6.40. The van der Waals surface area contributed by atoms with Crippen LogP contribution in [0.3, 0.4) is 0 Å². The van der Waals surface area contributed by atoms with Gasteiger partial charge in [-0.3, -0.25) is 14.8 Å². The quantitative estimate of drug-likeness (QED) is 0.285. The summed E-state index contributed by atoms with van der Waals surface area (Å²) >= 11 is 0. The Morgan fingerprint density at radius 1 is 1.29 bits per heavy atom. The maximum absolute atomic E-state index is 14.6. The van der Waals surface area contributed by atoms with E-state index in [-0.39, 0.29) is 23.6 Å². The molecule has 1 unspecified atom stereocenters. The fourth-order valence-electron chi connectivity index (χ4n) is 4.12. The van der Waals surface area contributed by atoms with Crippen molar-refractivity contribution in [1.29, 1.82) is 0 Å². The first-order valence-electron chi connectivity index (χ1n) is 12.0. The lowest BCUT2D eigenvalue weighted by molar-refractivity contribution is -0.148. The van der Waals surface area contributed by atoms with Gasteiger partial charge < -0.3 is 16.0 Å². The van der Waals surface area contributed by atoms with E-state index in [0.717, 1.165) is 16.5 Å². The first-order chi connectivity index (χ1) is 17.7. The third kappa shape index (κ3) is 7.96. The number of likely N-dealkylation sites (tertiary alicyclic amines) is 1. The van der Waals surface area contributed by atoms with Gasteiger partial charge in [0.2, 0.25) is 0 Å². The Labute approximate surface area is 219 Å². The first-order valence-corrected chi connectivity index (χ1v) is 12.0. The number of hydrogen-bond acceptors (Lipinski definition) is 6. The Morgan fingerprint density at radius 3 is 2.53 bits per heavy atom. The van der Waals surface area contributed by atoms with Gasteiger partial charge in [-0.1, -0.05) is 13.0 Å². The molecule has 0 bridgehead atoms. The molecule has 38 heavy (non-hydrogen) atoms. The van der Waals surface area contributed by atoms with Crippen LogP contribution in [0.5, 0.6) is 0 Å². The molecule has 7 nitrogen and oxygen atoms in total. The largest absolute Gasteiger partial charge is 0.417 e. The zero-order valence-electron chi connectivity index (χ0n) is 22.0. The van der Waals surface area contributed by atoms with E-state index in [1.54, 1.807) is 26.0 Å². The van der Waals surface area contributed by atoms with Gasteiger partial charge in [0.15, 0.2) is 0 Å². The number of carbonyl (C=O) groups excluding carboxylic acids is 1. The van der Waals surface area contributed by atoms with Crippen LogP contribution in [0.4, 0.5) is 22.0 Å². The lowest BCUT2D eigenvalue weighted by Gasteiger charge is -2.43. The van der Waals surface area contributed by atoms with Gasteiger partial charge in [-0.05, 0) is 50.5 Å². The Morgan fingerprint density at radius 2 is 1.97 bits per heavy atom. The van der Waals surface area contributed by atoms with Gasteiger partial charge in [0.25, 0.3) is 11.8 Å². The first kappa shape index (κ1) is 30.7. The van der Waals surface area contributed by atoms with Crippen LogP contribution in [0.1, 0.15) is 38.4 Å². The fraction of sp³-hybridized carbons (Fsp3) is 0.462. The smallest absolute Gasteiger partial charge is 0.394 e. The topological polar surface area (TPSA) is 96.0 Å². The number of amides is 1. The van der Waals surface area contributed by atoms with Crippen LogP contribution in [0, 0.1) is 12.8 Å². The van der Waals surface area contributed by atoms with E-state index in [0.29, 0.717) is 11.9 Å². The molecule has 2 rings (SSSR count). The fourth-order valence-corrected chi connectivity index (χ4v) is 4.12. The van der Waals surface area contributed by atoms with Crippen LogP contribution in [0.15, 0.2) is 57.6 Å². The van der Waals surface area contributed by atoms with Gasteiger partial charge in [0.05, 0.1) is 23.9 Å². The summed E-state index contributed by atoms with van der Waals surface area (Å²) in [6, 6.07) is 2.70. The van der Waals surface area contributed by atoms with Gasteiger partial charge in [-0.15, -0.1) is 0 Å². The third-order valence-corrected chi connectivity index (χ3v) is 6.06. The Bertz CT molecular complexity index is 1150. The molecule has 1 aliphatic rings. The third-order valence-electron chi connectivity index (χ3n) is 6.06. The van der Waals surface area contributed by atoms with Gasteiger partial charge in [0.1, 0.15) is 11.5 Å². The summed E-state index contributed by atoms with van der Waals surface area (Å²) in [5, 5.41) is 2.88. The number of nitrogens with two attached hydrogens (primary N) is 1. The predicted octanol–water partition coefficient (Wildman–Crippen LogP) is 4.66. The minimum atomic E-state index is -4.57. The molecule has 1 fully saturated rings. The Balaban J connectivity index is 2.39. The molecule has 3 N–H and O–H groups in total. The van der Waals surface area contributed by atoms with Crippen LogP contribution in [-0.4, -0.2) is 66.5 Å². The molecule has 2 atom stereocenters. The van der Waals surface area contributed by atoms with Crippen LogP contribution in [-0.2, 0) is 4.79 Å². The maximum Gasteiger partial charge on any atom is 0.417 e. The Hall–Kier alpha value is -3.57. The minimum Gasteiger partial charge on any atom is -0.394 e. The standard InChI is InChI=1S/C26H33F5N6O/c1-6-18(26(29,30)31)12-35-22(7-2)36-14-21-17(4)11-25(27,28)15-37(21)24(38)23(32)19(13-33-5)20-10-16(3)8-9-34-20/h6-10,12-13,17,21,36H,11,14-15,32H2,1-5H3/b18-6+,22-7+,23-19?,33-13?,35-12-/t17-,21?/m1/s1. The normalized spacial score (nSPS) is 21.7. The Kier molecular flexibility index (Phi) is 10.3. The second kappa shape index (κ2) is 12.8. The number of aliphatic imine (C=N–C) groups is 2. The average molecular weight is 541 g/mol. The number of nitrogens with one attached hydrogen (secondary N) is 1. The summed E-state index contributed by atoms with van der Waals surface area (Å²) in [4.78, 5) is 26.5. The molecule has 1 aromatic heterocycles. The molecule has 0 saturated carbocycles. The van der Waals surface area contributed by atoms with Crippen LogP contribution in [0.25, 0.3) is 5.57 Å². The number of nitrogens with zero attached hydrogens (tertiary/aromatic N) is 4. The van der Waals surface area contributed by atoms with E-state index in [4.69, 9.17) is 5.73 Å². The van der Waals surface area contributed by atoms with E-state index in [9.17, 15) is 26.7 Å². The molecule has 1 amide bonds. The molecule has 0 spiro atoms. The van der Waals surface area contributed by atoms with Crippen molar-refractivity contribution in [3.05, 3.63) is 58.8 Å². The van der Waals surface area contributed by atoms with Gasteiger partial charge in [-0.25, -0.2) is 13.8 Å². The summed E-state index contributed by atoms with van der Waals surface area (Å²) in [6.07, 6.45) is 0.849. The number of allylic oxidation sites excluding steroid dienone is 4. The molecular formula is C26H33F5N6O. The van der Waals surface area contributed by atoms with E-state index in [2.05, 4.69) is 20.3 Å². The van der Waals surface area contributed by atoms with Gasteiger partial charge >= 0.3 is 6.18 Å². The molecule has 12 heteroatoms. The van der Waals surface area contributed by atoms with Crippen molar-refractivity contribution in [3.63, 3.8) is 0 Å². The molecule has 0 radical (unpaired) electrons. The van der Waals surface area contributed by atoms with Crippen LogP contribution >= 0.6 is 0 Å². The van der Waals surface area contributed by atoms with Gasteiger partial charge in [0, 0.05) is 44.2 Å². The van der Waals surface area contributed by atoms with Gasteiger partial charge in [-0.2, -0.15) is 13.2 Å². The lowest BCUT2D eigenvalue weighted by Crippen LogP contribution is -2.59. The number of hydrogen-bond donors (Lipinski definition) is 2. The second-order valence-electron chi connectivity index (χ2n) is 9.03. The highest BCUT2D eigenvalue weighted by molar-refractivity contribution is 6.18. The molecule has 0 aromatic carbocycles. The number of piperidine rings is 1.